The van der Waals surface area contributed by atoms with E-state index in [0.717, 1.165) is 5.69 Å². The van der Waals surface area contributed by atoms with Gasteiger partial charge < -0.3 is 19.7 Å². The number of hydrogen-bond acceptors (Lipinski definition) is 6. The van der Waals surface area contributed by atoms with Crippen molar-refractivity contribution in [2.24, 2.45) is 0 Å². The number of nitrogens with one attached hydrogen (secondary N) is 1. The first-order valence-electron chi connectivity index (χ1n) is 8.69. The van der Waals surface area contributed by atoms with Gasteiger partial charge in [0.05, 0.1) is 29.5 Å². The van der Waals surface area contributed by atoms with Crippen LogP contribution in [0.3, 0.4) is 0 Å². The molecule has 1 heterocycles. The highest BCUT2D eigenvalue weighted by molar-refractivity contribution is 7.89. The molecule has 0 atom stereocenters. The molecule has 0 aromatic heterocycles. The molecule has 1 fully saturated rings. The lowest BCUT2D eigenvalue weighted by molar-refractivity contribution is -0.119. The van der Waals surface area contributed by atoms with E-state index in [4.69, 9.17) is 9.47 Å². The highest BCUT2D eigenvalue weighted by Crippen LogP contribution is 2.30. The molecule has 1 aromatic carbocycles. The standard InChI is InChI=1S/C17H27N3O5S/c1-4-20(5-2)26(22,23)14-6-7-16(19-8-10-25-11-9-19)15(12-14)18-17(21)13-24-3/h6-7,12H,4-5,8-11,13H2,1-3H3,(H,18,21). The van der Waals surface area contributed by atoms with E-state index in [0.29, 0.717) is 45.1 Å². The average Bonchev–Trinajstić information content (AvgIpc) is 2.63. The fourth-order valence-electron chi connectivity index (χ4n) is 2.89. The minimum absolute atomic E-state index is 0.102. The summed E-state index contributed by atoms with van der Waals surface area (Å²) in [7, 11) is -2.18. The Bertz CT molecular complexity index is 713. The van der Waals surface area contributed by atoms with Crippen molar-refractivity contribution in [3.05, 3.63) is 18.2 Å². The van der Waals surface area contributed by atoms with Crippen molar-refractivity contribution in [1.82, 2.24) is 4.31 Å². The average molecular weight is 385 g/mol. The summed E-state index contributed by atoms with van der Waals surface area (Å²) in [6, 6.07) is 4.85. The molecule has 0 radical (unpaired) electrons. The molecule has 1 aliphatic rings. The zero-order valence-electron chi connectivity index (χ0n) is 15.5. The molecule has 1 aliphatic heterocycles. The van der Waals surface area contributed by atoms with Crippen LogP contribution in [0.2, 0.25) is 0 Å². The van der Waals surface area contributed by atoms with Crippen molar-refractivity contribution in [3.8, 4) is 0 Å². The van der Waals surface area contributed by atoms with Gasteiger partial charge in [0, 0.05) is 33.3 Å². The zero-order chi connectivity index (χ0) is 19.2. The number of anilines is 2. The molecule has 146 valence electrons. The Morgan fingerprint density at radius 3 is 2.50 bits per heavy atom. The second kappa shape index (κ2) is 9.31. The Morgan fingerprint density at radius 2 is 1.92 bits per heavy atom. The van der Waals surface area contributed by atoms with E-state index in [1.54, 1.807) is 26.0 Å². The van der Waals surface area contributed by atoms with Crippen molar-refractivity contribution in [2.75, 3.05) is 63.3 Å². The van der Waals surface area contributed by atoms with Crippen LogP contribution in [-0.2, 0) is 24.3 Å². The van der Waals surface area contributed by atoms with Crippen LogP contribution in [0.1, 0.15) is 13.8 Å². The lowest BCUT2D eigenvalue weighted by Gasteiger charge is -2.31. The molecule has 2 rings (SSSR count). The lowest BCUT2D eigenvalue weighted by atomic mass is 10.2. The van der Waals surface area contributed by atoms with Gasteiger partial charge in [-0.05, 0) is 18.2 Å². The van der Waals surface area contributed by atoms with E-state index in [2.05, 4.69) is 10.2 Å². The smallest absolute Gasteiger partial charge is 0.250 e. The predicted octanol–water partition coefficient (Wildman–Crippen LogP) is 1.14. The number of sulfonamides is 1. The Balaban J connectivity index is 2.42. The Kier molecular flexibility index (Phi) is 7.39. The van der Waals surface area contributed by atoms with Crippen LogP contribution in [0.25, 0.3) is 0 Å². The van der Waals surface area contributed by atoms with Crippen molar-refractivity contribution in [1.29, 1.82) is 0 Å². The normalized spacial score (nSPS) is 15.3. The van der Waals surface area contributed by atoms with Gasteiger partial charge >= 0.3 is 0 Å². The van der Waals surface area contributed by atoms with Gasteiger partial charge in [0.1, 0.15) is 6.61 Å². The van der Waals surface area contributed by atoms with Crippen LogP contribution in [0.5, 0.6) is 0 Å². The Labute approximate surface area is 155 Å². The molecular weight excluding hydrogens is 358 g/mol. The number of amides is 1. The number of carbonyl (C=O) groups excluding carboxylic acids is 1. The third kappa shape index (κ3) is 4.73. The van der Waals surface area contributed by atoms with Gasteiger partial charge in [0.25, 0.3) is 0 Å². The Hall–Kier alpha value is -1.68. The molecule has 0 saturated carbocycles. The van der Waals surface area contributed by atoms with E-state index in [9.17, 15) is 13.2 Å². The van der Waals surface area contributed by atoms with E-state index >= 15 is 0 Å². The molecule has 0 unspecified atom stereocenters. The van der Waals surface area contributed by atoms with E-state index in [-0.39, 0.29) is 17.4 Å². The number of rotatable bonds is 8. The molecule has 8 nitrogen and oxygen atoms in total. The van der Waals surface area contributed by atoms with Crippen LogP contribution in [0, 0.1) is 0 Å². The second-order valence-electron chi connectivity index (χ2n) is 5.85. The number of morpholine rings is 1. The summed E-state index contributed by atoms with van der Waals surface area (Å²) in [5, 5.41) is 2.77. The van der Waals surface area contributed by atoms with Crippen molar-refractivity contribution in [3.63, 3.8) is 0 Å². The first-order chi connectivity index (χ1) is 12.4. The van der Waals surface area contributed by atoms with Crippen LogP contribution in [-0.4, -0.2) is 71.7 Å². The monoisotopic (exact) mass is 385 g/mol. The number of carbonyl (C=O) groups is 1. The number of methoxy groups -OCH3 is 1. The number of ether oxygens (including phenoxy) is 2. The summed E-state index contributed by atoms with van der Waals surface area (Å²) >= 11 is 0. The summed E-state index contributed by atoms with van der Waals surface area (Å²) in [6.07, 6.45) is 0. The number of nitrogens with zero attached hydrogens (tertiary/aromatic N) is 2. The molecule has 1 aromatic rings. The van der Waals surface area contributed by atoms with E-state index in [1.165, 1.54) is 17.5 Å². The minimum Gasteiger partial charge on any atom is -0.378 e. The molecule has 0 spiro atoms. The van der Waals surface area contributed by atoms with Crippen molar-refractivity contribution in [2.45, 2.75) is 18.7 Å². The first-order valence-corrected chi connectivity index (χ1v) is 10.1. The summed E-state index contributed by atoms with van der Waals surface area (Å²) < 4.78 is 37.2. The topological polar surface area (TPSA) is 88.2 Å². The maximum Gasteiger partial charge on any atom is 0.250 e. The van der Waals surface area contributed by atoms with Gasteiger partial charge in [0.2, 0.25) is 15.9 Å². The molecule has 9 heteroatoms. The van der Waals surface area contributed by atoms with Gasteiger partial charge in [-0.2, -0.15) is 4.31 Å². The van der Waals surface area contributed by atoms with Gasteiger partial charge in [-0.3, -0.25) is 4.79 Å². The Morgan fingerprint density at radius 1 is 1.27 bits per heavy atom. The predicted molar refractivity (Wildman–Crippen MR) is 100 cm³/mol. The molecule has 1 amide bonds. The van der Waals surface area contributed by atoms with Gasteiger partial charge in [-0.1, -0.05) is 13.8 Å². The van der Waals surface area contributed by atoms with E-state index in [1.807, 2.05) is 0 Å². The van der Waals surface area contributed by atoms with Crippen molar-refractivity contribution >= 4 is 27.3 Å². The van der Waals surface area contributed by atoms with Gasteiger partial charge in [-0.25, -0.2) is 8.42 Å². The molecule has 0 aliphatic carbocycles. The largest absolute Gasteiger partial charge is 0.378 e. The van der Waals surface area contributed by atoms with E-state index < -0.39 is 10.0 Å². The zero-order valence-corrected chi connectivity index (χ0v) is 16.3. The quantitative estimate of drug-likeness (QED) is 0.722. The van der Waals surface area contributed by atoms with Crippen LogP contribution in [0.4, 0.5) is 11.4 Å². The lowest BCUT2D eigenvalue weighted by Crippen LogP contribution is -2.37. The van der Waals surface area contributed by atoms with Crippen LogP contribution < -0.4 is 10.2 Å². The van der Waals surface area contributed by atoms with Crippen LogP contribution >= 0.6 is 0 Å². The summed E-state index contributed by atoms with van der Waals surface area (Å²) in [6.45, 7) is 6.79. The molecular formula is C17H27N3O5S. The number of benzene rings is 1. The fraction of sp³-hybridized carbons (Fsp3) is 0.588. The van der Waals surface area contributed by atoms with Crippen molar-refractivity contribution < 1.29 is 22.7 Å². The SMILES string of the molecule is CCN(CC)S(=O)(=O)c1ccc(N2CCOCC2)c(NC(=O)COC)c1. The third-order valence-electron chi connectivity index (χ3n) is 4.21. The fourth-order valence-corrected chi connectivity index (χ4v) is 4.37. The molecule has 26 heavy (non-hydrogen) atoms. The molecule has 0 bridgehead atoms. The highest BCUT2D eigenvalue weighted by Gasteiger charge is 2.24. The third-order valence-corrected chi connectivity index (χ3v) is 6.26. The second-order valence-corrected chi connectivity index (χ2v) is 7.79. The van der Waals surface area contributed by atoms with Gasteiger partial charge in [-0.15, -0.1) is 0 Å². The highest BCUT2D eigenvalue weighted by atomic mass is 32.2. The maximum atomic E-state index is 12.8. The van der Waals surface area contributed by atoms with Gasteiger partial charge in [0.15, 0.2) is 0 Å². The summed E-state index contributed by atoms with van der Waals surface area (Å²) in [5.74, 6) is -0.334. The molecule has 1 N–H and O–H groups in total. The minimum atomic E-state index is -3.61. The number of hydrogen-bond donors (Lipinski definition) is 1. The maximum absolute atomic E-state index is 12.8. The molecule has 1 saturated heterocycles. The first kappa shape index (κ1) is 20.6. The summed E-state index contributed by atoms with van der Waals surface area (Å²) in [5.41, 5.74) is 1.23. The van der Waals surface area contributed by atoms with Crippen LogP contribution in [0.15, 0.2) is 23.1 Å². The summed E-state index contributed by atoms with van der Waals surface area (Å²) in [4.78, 5) is 14.2.